The van der Waals surface area contributed by atoms with Crippen molar-refractivity contribution in [2.45, 2.75) is 45.6 Å². The van der Waals surface area contributed by atoms with Crippen LogP contribution in [-0.2, 0) is 9.59 Å². The van der Waals surface area contributed by atoms with E-state index in [4.69, 9.17) is 19.9 Å². The van der Waals surface area contributed by atoms with Crippen molar-refractivity contribution in [3.63, 3.8) is 0 Å². The third-order valence-corrected chi connectivity index (χ3v) is 7.38. The van der Waals surface area contributed by atoms with Gasteiger partial charge in [-0.05, 0) is 75.6 Å². The number of ether oxygens (including phenoxy) is 1. The van der Waals surface area contributed by atoms with Gasteiger partial charge < -0.3 is 24.7 Å². The van der Waals surface area contributed by atoms with Crippen LogP contribution in [0.15, 0.2) is 53.5 Å². The number of nitrogens with zero attached hydrogens (tertiary/aromatic N) is 3. The number of carboxylic acids is 2. The SMILES string of the molecule is CSC(=Nc1c(C)cccc1C)N(C)C1CCN(CCCCOc2ccc(F)c(F)c2)CC1.O=C(O)/C=C/C(=O)O. The number of aryl methyl sites for hydroxylation is 2. The number of benzene rings is 2. The lowest BCUT2D eigenvalue weighted by Gasteiger charge is -2.37. The van der Waals surface area contributed by atoms with E-state index in [1.54, 1.807) is 11.8 Å². The minimum Gasteiger partial charge on any atom is -0.493 e. The van der Waals surface area contributed by atoms with E-state index in [1.807, 2.05) is 0 Å². The Labute approximate surface area is 244 Å². The smallest absolute Gasteiger partial charge is 0.328 e. The predicted octanol–water partition coefficient (Wildman–Crippen LogP) is 5.90. The fourth-order valence-corrected chi connectivity index (χ4v) is 4.99. The highest BCUT2D eigenvalue weighted by atomic mass is 32.2. The molecule has 0 saturated carbocycles. The van der Waals surface area contributed by atoms with Crippen LogP contribution >= 0.6 is 11.8 Å². The third kappa shape index (κ3) is 11.9. The first-order chi connectivity index (χ1) is 19.5. The van der Waals surface area contributed by atoms with E-state index in [1.165, 1.54) is 17.2 Å². The largest absolute Gasteiger partial charge is 0.493 e. The lowest BCUT2D eigenvalue weighted by atomic mass is 10.0. The quantitative estimate of drug-likeness (QED) is 0.152. The molecule has 1 aliphatic heterocycles. The van der Waals surface area contributed by atoms with E-state index in [0.717, 1.165) is 68.3 Å². The number of carboxylic acid groups (broad SMARTS) is 2. The molecule has 0 aliphatic carbocycles. The summed E-state index contributed by atoms with van der Waals surface area (Å²) >= 11 is 1.71. The Hall–Kier alpha value is -3.44. The zero-order chi connectivity index (χ0) is 30.4. The number of carbonyl (C=O) groups is 2. The van der Waals surface area contributed by atoms with Gasteiger partial charge in [0, 0.05) is 44.4 Å². The van der Waals surface area contributed by atoms with E-state index in [0.29, 0.717) is 30.6 Å². The van der Waals surface area contributed by atoms with Gasteiger partial charge in [-0.2, -0.15) is 0 Å². The topological polar surface area (TPSA) is 103 Å². The molecule has 11 heteroatoms. The molecule has 1 fully saturated rings. The van der Waals surface area contributed by atoms with Gasteiger partial charge in [0.15, 0.2) is 16.8 Å². The average Bonchev–Trinajstić information content (AvgIpc) is 2.94. The molecule has 2 aromatic rings. The van der Waals surface area contributed by atoms with Crippen LogP contribution in [0.3, 0.4) is 0 Å². The second kappa shape index (κ2) is 17.4. The van der Waals surface area contributed by atoms with Gasteiger partial charge in [-0.15, -0.1) is 0 Å². The van der Waals surface area contributed by atoms with Crippen LogP contribution in [0.25, 0.3) is 0 Å². The summed E-state index contributed by atoms with van der Waals surface area (Å²) in [4.78, 5) is 29.0. The number of halogens is 2. The van der Waals surface area contributed by atoms with Gasteiger partial charge in [0.2, 0.25) is 0 Å². The molecule has 1 saturated heterocycles. The molecule has 0 aromatic heterocycles. The van der Waals surface area contributed by atoms with Crippen LogP contribution in [0.1, 0.15) is 36.8 Å². The van der Waals surface area contributed by atoms with Gasteiger partial charge in [-0.3, -0.25) is 0 Å². The lowest BCUT2D eigenvalue weighted by Crippen LogP contribution is -2.45. The molecule has 2 aromatic carbocycles. The summed E-state index contributed by atoms with van der Waals surface area (Å²) in [5.41, 5.74) is 3.49. The molecule has 0 bridgehead atoms. The van der Waals surface area contributed by atoms with E-state index in [2.05, 4.69) is 55.1 Å². The Morgan fingerprint density at radius 1 is 1.05 bits per heavy atom. The number of hydrogen-bond donors (Lipinski definition) is 2. The standard InChI is InChI=1S/C26H35F2N3OS.C4H4O4/c1-19-8-7-9-20(2)25(19)29-26(33-4)30(3)21-12-15-31(16-13-21)14-5-6-17-32-22-10-11-23(27)24(28)18-22;5-3(6)1-2-4(7)8/h7-11,18,21H,5-6,12-17H2,1-4H3;1-2H,(H,5,6)(H,7,8)/b;2-1+. The maximum atomic E-state index is 13.2. The van der Waals surface area contributed by atoms with Crippen molar-refractivity contribution in [1.82, 2.24) is 9.80 Å². The fraction of sp³-hybridized carbons (Fsp3) is 0.433. The van der Waals surface area contributed by atoms with Crippen LogP contribution in [-0.4, -0.2) is 82.7 Å². The summed E-state index contributed by atoms with van der Waals surface area (Å²) in [6.07, 6.45) is 7.36. The number of unbranched alkanes of at least 4 members (excludes halogenated alkanes) is 1. The van der Waals surface area contributed by atoms with E-state index in [9.17, 15) is 18.4 Å². The van der Waals surface area contributed by atoms with Crippen molar-refractivity contribution in [2.24, 2.45) is 4.99 Å². The molecule has 2 N–H and O–H groups in total. The Morgan fingerprint density at radius 3 is 2.20 bits per heavy atom. The van der Waals surface area contributed by atoms with Gasteiger partial charge in [0.05, 0.1) is 12.3 Å². The van der Waals surface area contributed by atoms with Crippen LogP contribution in [0.5, 0.6) is 5.75 Å². The number of amidine groups is 1. The molecule has 0 radical (unpaired) electrons. The average molecular weight is 592 g/mol. The number of para-hydroxylation sites is 1. The number of piperidine rings is 1. The second-order valence-electron chi connectivity index (χ2n) is 9.66. The Morgan fingerprint density at radius 2 is 1.66 bits per heavy atom. The van der Waals surface area contributed by atoms with Crippen LogP contribution in [0.4, 0.5) is 14.5 Å². The van der Waals surface area contributed by atoms with Crippen molar-refractivity contribution in [3.05, 3.63) is 71.3 Å². The number of hydrogen-bond acceptors (Lipinski definition) is 6. The molecule has 0 spiro atoms. The first-order valence-electron chi connectivity index (χ1n) is 13.4. The van der Waals surface area contributed by atoms with E-state index >= 15 is 0 Å². The maximum Gasteiger partial charge on any atom is 0.328 e. The minimum atomic E-state index is -1.26. The number of aliphatic carboxylic acids is 2. The van der Waals surface area contributed by atoms with Gasteiger partial charge >= 0.3 is 11.9 Å². The third-order valence-electron chi connectivity index (χ3n) is 6.63. The highest BCUT2D eigenvalue weighted by molar-refractivity contribution is 8.13. The van der Waals surface area contributed by atoms with E-state index in [-0.39, 0.29) is 0 Å². The highest BCUT2D eigenvalue weighted by Gasteiger charge is 2.24. The molecule has 0 atom stereocenters. The summed E-state index contributed by atoms with van der Waals surface area (Å²) in [7, 11) is 2.17. The molecule has 8 nitrogen and oxygen atoms in total. The first kappa shape index (κ1) is 33.8. The Bertz CT molecular complexity index is 1180. The first-order valence-corrected chi connectivity index (χ1v) is 14.6. The summed E-state index contributed by atoms with van der Waals surface area (Å²) in [6.45, 7) is 7.92. The summed E-state index contributed by atoms with van der Waals surface area (Å²) in [6, 6.07) is 10.5. The molecule has 1 heterocycles. The normalized spacial score (nSPS) is 14.4. The van der Waals surface area contributed by atoms with Gasteiger partial charge in [0.1, 0.15) is 5.75 Å². The number of thioether (sulfide) groups is 1. The summed E-state index contributed by atoms with van der Waals surface area (Å²) in [5.74, 6) is -3.86. The Kier molecular flexibility index (Phi) is 14.3. The van der Waals surface area contributed by atoms with Crippen LogP contribution < -0.4 is 4.74 Å². The number of rotatable bonds is 10. The van der Waals surface area contributed by atoms with Crippen molar-refractivity contribution in [1.29, 1.82) is 0 Å². The van der Waals surface area contributed by atoms with Crippen LogP contribution in [0.2, 0.25) is 0 Å². The lowest BCUT2D eigenvalue weighted by molar-refractivity contribution is -0.134. The monoisotopic (exact) mass is 591 g/mol. The second-order valence-corrected chi connectivity index (χ2v) is 10.4. The van der Waals surface area contributed by atoms with Crippen LogP contribution in [0, 0.1) is 25.5 Å². The Balaban J connectivity index is 0.000000642. The minimum absolute atomic E-state index is 0.380. The number of likely N-dealkylation sites (tertiary alicyclic amines) is 1. The molecule has 3 rings (SSSR count). The molecule has 0 unspecified atom stereocenters. The van der Waals surface area contributed by atoms with Gasteiger partial charge in [-0.1, -0.05) is 30.0 Å². The molecular formula is C30H39F2N3O5S. The molecular weight excluding hydrogens is 552 g/mol. The van der Waals surface area contributed by atoms with Crippen molar-refractivity contribution < 1.29 is 33.3 Å². The van der Waals surface area contributed by atoms with Gasteiger partial charge in [-0.25, -0.2) is 23.4 Å². The van der Waals surface area contributed by atoms with Crippen molar-refractivity contribution in [2.75, 3.05) is 39.5 Å². The predicted molar refractivity (Wildman–Crippen MR) is 159 cm³/mol. The molecule has 224 valence electrons. The van der Waals surface area contributed by atoms with Gasteiger partial charge in [0.25, 0.3) is 0 Å². The maximum absolute atomic E-state index is 13.2. The fourth-order valence-electron chi connectivity index (χ4n) is 4.37. The zero-order valence-corrected chi connectivity index (χ0v) is 24.8. The summed E-state index contributed by atoms with van der Waals surface area (Å²) in [5, 5.41) is 16.7. The zero-order valence-electron chi connectivity index (χ0n) is 24.0. The van der Waals surface area contributed by atoms with Crippen molar-refractivity contribution >= 4 is 34.6 Å². The highest BCUT2D eigenvalue weighted by Crippen LogP contribution is 2.27. The van der Waals surface area contributed by atoms with E-state index < -0.39 is 23.6 Å². The molecule has 41 heavy (non-hydrogen) atoms. The van der Waals surface area contributed by atoms with Crippen molar-refractivity contribution in [3.8, 4) is 5.75 Å². The summed E-state index contributed by atoms with van der Waals surface area (Å²) < 4.78 is 31.7. The molecule has 0 amide bonds. The molecule has 1 aliphatic rings. The number of aliphatic imine (C=N–C) groups is 1.